The van der Waals surface area contributed by atoms with Gasteiger partial charge in [-0.25, -0.2) is 19.4 Å². The van der Waals surface area contributed by atoms with E-state index < -0.39 is 29.0 Å². The van der Waals surface area contributed by atoms with Crippen LogP contribution in [0.2, 0.25) is 0 Å². The average molecular weight is 1050 g/mol. The summed E-state index contributed by atoms with van der Waals surface area (Å²) in [5, 5.41) is 12.9. The standard InChI is InChI=1S/C67H33F6N7/c1-75-49-14-6-11-41(28-49)45-18-23-54-53-22-17-44(40-10-5-9-39(27-40)38-74)31-60(53)79(61(54)32-45)64-36-57(52-26-21-48(66(68,69)70)35-58(52)67(71,72)73)59(78-4)37-65(64)80-62-33-46(42-12-7-15-50(29-42)76-2)19-24-55(62)56-25-20-47(34-63(56)80)43-13-8-16-51(30-43)77-3/h5-37H. The maximum absolute atomic E-state index is 15.4. The summed E-state index contributed by atoms with van der Waals surface area (Å²) in [7, 11) is 0. The molecule has 0 bridgehead atoms. The van der Waals surface area contributed by atoms with Crippen LogP contribution in [-0.2, 0) is 12.4 Å². The van der Waals surface area contributed by atoms with Gasteiger partial charge in [0.1, 0.15) is 0 Å². The Labute approximate surface area is 453 Å². The highest BCUT2D eigenvalue weighted by Crippen LogP contribution is 2.49. The van der Waals surface area contributed by atoms with E-state index in [0.717, 1.165) is 28.0 Å². The number of nitrogens with zero attached hydrogens (tertiary/aromatic N) is 7. The average Bonchev–Trinajstić information content (AvgIpc) is 4.14. The van der Waals surface area contributed by atoms with Crippen molar-refractivity contribution in [1.82, 2.24) is 9.13 Å². The van der Waals surface area contributed by atoms with Gasteiger partial charge in [-0.2, -0.15) is 31.6 Å². The third kappa shape index (κ3) is 8.57. The number of alkyl halides is 6. The van der Waals surface area contributed by atoms with E-state index >= 15 is 13.2 Å². The first-order valence-electron chi connectivity index (χ1n) is 24.6. The molecule has 7 nitrogen and oxygen atoms in total. The van der Waals surface area contributed by atoms with Crippen LogP contribution in [0.1, 0.15) is 16.7 Å². The van der Waals surface area contributed by atoms with Crippen molar-refractivity contribution in [2.75, 3.05) is 0 Å². The van der Waals surface area contributed by atoms with Gasteiger partial charge in [-0.15, -0.1) is 0 Å². The molecule has 0 unspecified atom stereocenters. The first kappa shape index (κ1) is 49.7. The SMILES string of the molecule is [C-]#[N+]c1cccc(-c2ccc3c4ccc(-c5cccc([N+]#[C-])c5)cc4n(-c4cc([N+]#[C-])c(-c5ccc(C(F)(F)F)cc5C(F)(F)F)cc4-n4c5cc(-c6cccc(C#N)c6)ccc5c5ccc(-c6cccc([N+]#[C-])c6)cc54)c3c2)c1. The molecule has 0 N–H and O–H groups in total. The summed E-state index contributed by atoms with van der Waals surface area (Å²) in [6.07, 6.45) is -10.4. The van der Waals surface area contributed by atoms with Gasteiger partial charge in [0, 0.05) is 21.5 Å². The van der Waals surface area contributed by atoms with Gasteiger partial charge >= 0.3 is 12.4 Å². The lowest BCUT2D eigenvalue weighted by molar-refractivity contribution is -0.142. The van der Waals surface area contributed by atoms with Crippen LogP contribution in [0.5, 0.6) is 0 Å². The van der Waals surface area contributed by atoms with Crippen molar-refractivity contribution in [3.8, 4) is 73.1 Å². The van der Waals surface area contributed by atoms with Crippen molar-refractivity contribution in [1.29, 1.82) is 5.26 Å². The fourth-order valence-electron chi connectivity index (χ4n) is 10.7. The lowest BCUT2D eigenvalue weighted by Crippen LogP contribution is -2.12. The van der Waals surface area contributed by atoms with Crippen LogP contribution in [0.25, 0.3) is 130 Å². The number of hydrogen-bond donors (Lipinski definition) is 0. The lowest BCUT2D eigenvalue weighted by Gasteiger charge is -2.22. The summed E-state index contributed by atoms with van der Waals surface area (Å²) < 4.78 is 93.0. The second kappa shape index (κ2) is 19.1. The number of halogens is 6. The Bertz CT molecular complexity index is 4600. The second-order valence-corrected chi connectivity index (χ2v) is 19.0. The first-order chi connectivity index (χ1) is 38.7. The molecular formula is C67H33F6N7. The molecule has 80 heavy (non-hydrogen) atoms. The Kier molecular flexibility index (Phi) is 11.9. The van der Waals surface area contributed by atoms with E-state index in [4.69, 9.17) is 26.3 Å². The molecule has 0 saturated heterocycles. The zero-order chi connectivity index (χ0) is 55.6. The molecule has 12 rings (SSSR count). The third-order valence-corrected chi connectivity index (χ3v) is 14.4. The van der Waals surface area contributed by atoms with Gasteiger partial charge in [-0.3, -0.25) is 0 Å². The number of rotatable bonds is 7. The predicted octanol–water partition coefficient (Wildman–Crippen LogP) is 20.3. The van der Waals surface area contributed by atoms with Crippen LogP contribution in [-0.4, -0.2) is 9.13 Å². The third-order valence-electron chi connectivity index (χ3n) is 14.4. The van der Waals surface area contributed by atoms with Gasteiger partial charge in [0.2, 0.25) is 0 Å². The quantitative estimate of drug-likeness (QED) is 0.116. The van der Waals surface area contributed by atoms with E-state index in [-0.39, 0.29) is 23.0 Å². The number of aromatic nitrogens is 2. The predicted molar refractivity (Wildman–Crippen MR) is 302 cm³/mol. The largest absolute Gasteiger partial charge is 0.416 e. The Balaban J connectivity index is 1.28. The summed E-state index contributed by atoms with van der Waals surface area (Å²) in [5.74, 6) is 0. The molecule has 2 aromatic heterocycles. The van der Waals surface area contributed by atoms with Crippen molar-refractivity contribution in [3.05, 3.63) is 263 Å². The molecule has 0 fully saturated rings. The summed E-state index contributed by atoms with van der Waals surface area (Å²) in [4.78, 5) is 14.8. The van der Waals surface area contributed by atoms with Crippen molar-refractivity contribution >= 4 is 66.4 Å². The highest BCUT2D eigenvalue weighted by Gasteiger charge is 2.39. The lowest BCUT2D eigenvalue weighted by atomic mass is 9.94. The molecule has 0 amide bonds. The molecule has 0 saturated carbocycles. The zero-order valence-corrected chi connectivity index (χ0v) is 41.5. The maximum atomic E-state index is 15.4. The fourth-order valence-corrected chi connectivity index (χ4v) is 10.7. The molecule has 10 aromatic carbocycles. The van der Waals surface area contributed by atoms with Crippen molar-refractivity contribution in [2.45, 2.75) is 12.4 Å². The minimum absolute atomic E-state index is 0.0737. The van der Waals surface area contributed by atoms with E-state index in [1.54, 1.807) is 72.8 Å². The van der Waals surface area contributed by atoms with E-state index in [1.807, 2.05) is 106 Å². The van der Waals surface area contributed by atoms with Crippen molar-refractivity contribution < 1.29 is 26.3 Å². The normalized spacial score (nSPS) is 11.6. The van der Waals surface area contributed by atoms with E-state index in [2.05, 4.69) is 25.4 Å². The highest BCUT2D eigenvalue weighted by molar-refractivity contribution is 6.14. The van der Waals surface area contributed by atoms with Crippen LogP contribution in [0, 0.1) is 37.6 Å². The minimum Gasteiger partial charge on any atom is -0.308 e. The molecule has 0 aliphatic carbocycles. The van der Waals surface area contributed by atoms with E-state index in [9.17, 15) is 18.4 Å². The summed E-state index contributed by atoms with van der Waals surface area (Å²) in [6, 6.07) is 57.9. The van der Waals surface area contributed by atoms with Crippen LogP contribution in [0.3, 0.4) is 0 Å². The molecule has 13 heteroatoms. The second-order valence-electron chi connectivity index (χ2n) is 19.0. The van der Waals surface area contributed by atoms with Crippen LogP contribution in [0.4, 0.5) is 49.1 Å². The monoisotopic (exact) mass is 1050 g/mol. The van der Waals surface area contributed by atoms with Gasteiger partial charge in [0.15, 0.2) is 22.7 Å². The molecular weight excluding hydrogens is 1020 g/mol. The van der Waals surface area contributed by atoms with Crippen LogP contribution < -0.4 is 0 Å². The van der Waals surface area contributed by atoms with E-state index in [1.165, 1.54) is 12.1 Å². The Morgan fingerprint density at radius 2 is 0.750 bits per heavy atom. The van der Waals surface area contributed by atoms with Gasteiger partial charge < -0.3 is 9.13 Å². The Hall–Kier alpha value is -11.2. The van der Waals surface area contributed by atoms with E-state index in [0.29, 0.717) is 101 Å². The molecule has 0 aliphatic rings. The van der Waals surface area contributed by atoms with Crippen molar-refractivity contribution in [3.63, 3.8) is 0 Å². The Morgan fingerprint density at radius 1 is 0.362 bits per heavy atom. The van der Waals surface area contributed by atoms with Gasteiger partial charge in [0.25, 0.3) is 0 Å². The van der Waals surface area contributed by atoms with Gasteiger partial charge in [0.05, 0.1) is 82.5 Å². The molecule has 2 heterocycles. The smallest absolute Gasteiger partial charge is 0.308 e. The highest BCUT2D eigenvalue weighted by atomic mass is 19.4. The molecule has 0 spiro atoms. The topological polar surface area (TPSA) is 51.1 Å². The number of hydrogen-bond acceptors (Lipinski definition) is 1. The minimum atomic E-state index is -5.31. The summed E-state index contributed by atoms with van der Waals surface area (Å²) in [6.45, 7) is 32.0. The number of benzene rings is 10. The summed E-state index contributed by atoms with van der Waals surface area (Å²) >= 11 is 0. The van der Waals surface area contributed by atoms with Crippen LogP contribution >= 0.6 is 0 Å². The summed E-state index contributed by atoms with van der Waals surface area (Å²) in [5.41, 5.74) is 5.71. The Morgan fingerprint density at radius 3 is 1.12 bits per heavy atom. The maximum Gasteiger partial charge on any atom is 0.416 e. The number of fused-ring (bicyclic) bond motifs is 6. The number of nitriles is 1. The first-order valence-corrected chi connectivity index (χ1v) is 24.6. The zero-order valence-electron chi connectivity index (χ0n) is 41.5. The molecule has 0 radical (unpaired) electrons. The van der Waals surface area contributed by atoms with Crippen LogP contribution in [0.15, 0.2) is 200 Å². The van der Waals surface area contributed by atoms with Crippen molar-refractivity contribution in [2.24, 2.45) is 0 Å². The molecule has 0 atom stereocenters. The van der Waals surface area contributed by atoms with Gasteiger partial charge in [-0.1, -0.05) is 121 Å². The molecule has 0 aliphatic heterocycles. The fraction of sp³-hybridized carbons (Fsp3) is 0.0299. The molecule has 378 valence electrons. The molecule has 12 aromatic rings. The van der Waals surface area contributed by atoms with Gasteiger partial charge in [-0.05, 0) is 134 Å².